The van der Waals surface area contributed by atoms with Crippen LogP contribution < -0.4 is 16.0 Å². The predicted octanol–water partition coefficient (Wildman–Crippen LogP) is 2.86. The quantitative estimate of drug-likeness (QED) is 0.730. The molecule has 1 aliphatic heterocycles. The van der Waals surface area contributed by atoms with Crippen molar-refractivity contribution in [1.29, 1.82) is 0 Å². The van der Waals surface area contributed by atoms with Gasteiger partial charge >= 0.3 is 6.03 Å². The number of imidazole rings is 1. The summed E-state index contributed by atoms with van der Waals surface area (Å²) in [6.45, 7) is 0.0147. The molecule has 3 N–H and O–H groups in total. The molecule has 2 heterocycles. The fourth-order valence-corrected chi connectivity index (χ4v) is 3.44. The smallest absolute Gasteiger partial charge is 0.319 e. The van der Waals surface area contributed by atoms with Crippen LogP contribution in [0.3, 0.4) is 0 Å². The molecule has 3 amide bonds. The fraction of sp³-hybridized carbons (Fsp3) is 0.421. The van der Waals surface area contributed by atoms with Crippen LogP contribution in [0.1, 0.15) is 53.5 Å². The number of nitrogens with zero attached hydrogens (tertiary/aromatic N) is 2. The van der Waals surface area contributed by atoms with Gasteiger partial charge in [0.05, 0.1) is 6.04 Å². The number of hydrogen-bond donors (Lipinski definition) is 3. The molecule has 4 rings (SSSR count). The number of fused-ring (bicyclic) bond motifs is 1. The van der Waals surface area contributed by atoms with Crippen LogP contribution in [-0.4, -0.2) is 21.5 Å². The zero-order valence-corrected chi connectivity index (χ0v) is 15.1. The summed E-state index contributed by atoms with van der Waals surface area (Å²) in [5.74, 6) is 0.215. The molecule has 1 aromatic carbocycles. The minimum Gasteiger partial charge on any atom is -0.345 e. The second-order valence-electron chi connectivity index (χ2n) is 7.25. The van der Waals surface area contributed by atoms with Crippen LogP contribution in [0.5, 0.6) is 0 Å². The summed E-state index contributed by atoms with van der Waals surface area (Å²) < 4.78 is 16.2. The van der Waals surface area contributed by atoms with Gasteiger partial charge in [0.2, 0.25) is 0 Å². The third-order valence-corrected chi connectivity index (χ3v) is 5.17. The summed E-state index contributed by atoms with van der Waals surface area (Å²) in [5.41, 5.74) is 1.67. The highest BCUT2D eigenvalue weighted by Crippen LogP contribution is 2.38. The van der Waals surface area contributed by atoms with E-state index in [1.165, 1.54) is 25.1 Å². The van der Waals surface area contributed by atoms with E-state index in [0.29, 0.717) is 11.3 Å². The van der Waals surface area contributed by atoms with Crippen LogP contribution in [0, 0.1) is 11.7 Å². The number of anilines is 1. The second kappa shape index (κ2) is 7.02. The number of nitrogens with one attached hydrogen (secondary N) is 3. The Morgan fingerprint density at radius 1 is 1.37 bits per heavy atom. The molecular weight excluding hydrogens is 349 g/mol. The Hall–Kier alpha value is -2.90. The number of hydrogen-bond acceptors (Lipinski definition) is 3. The first-order valence-electron chi connectivity index (χ1n) is 9.16. The molecular formula is C19H22FN5O2. The van der Waals surface area contributed by atoms with Gasteiger partial charge in [-0.1, -0.05) is 12.8 Å². The van der Waals surface area contributed by atoms with Gasteiger partial charge in [-0.05, 0) is 30.9 Å². The number of amides is 3. The summed E-state index contributed by atoms with van der Waals surface area (Å²) in [7, 11) is 1.71. The Balaban J connectivity index is 1.49. The minimum atomic E-state index is -0.400. The van der Waals surface area contributed by atoms with Crippen LogP contribution in [-0.2, 0) is 13.6 Å². The Kier molecular flexibility index (Phi) is 4.55. The molecule has 1 saturated carbocycles. The lowest BCUT2D eigenvalue weighted by Crippen LogP contribution is -2.38. The molecule has 2 aliphatic rings. The summed E-state index contributed by atoms with van der Waals surface area (Å²) in [4.78, 5) is 28.1. The maximum absolute atomic E-state index is 14.6. The van der Waals surface area contributed by atoms with E-state index in [9.17, 15) is 14.0 Å². The van der Waals surface area contributed by atoms with Gasteiger partial charge in [0.15, 0.2) is 5.82 Å². The molecule has 1 atom stereocenters. The van der Waals surface area contributed by atoms with Crippen LogP contribution in [0.4, 0.5) is 14.9 Å². The first-order valence-corrected chi connectivity index (χ1v) is 9.16. The molecule has 8 heteroatoms. The van der Waals surface area contributed by atoms with E-state index in [0.717, 1.165) is 24.3 Å². The monoisotopic (exact) mass is 371 g/mol. The van der Waals surface area contributed by atoms with E-state index >= 15 is 0 Å². The molecule has 0 radical (unpaired) electrons. The Morgan fingerprint density at radius 2 is 2.19 bits per heavy atom. The normalized spacial score (nSPS) is 18.4. The number of carbonyl (C=O) groups is 2. The van der Waals surface area contributed by atoms with Crippen LogP contribution in [0.15, 0.2) is 24.5 Å². The first kappa shape index (κ1) is 17.5. The molecule has 142 valence electrons. The maximum Gasteiger partial charge on any atom is 0.319 e. The summed E-state index contributed by atoms with van der Waals surface area (Å²) >= 11 is 0. The molecule has 27 heavy (non-hydrogen) atoms. The van der Waals surface area contributed by atoms with Crippen LogP contribution in [0.25, 0.3) is 0 Å². The van der Waals surface area contributed by atoms with Crippen molar-refractivity contribution in [2.45, 2.75) is 38.3 Å². The Labute approximate surface area is 156 Å². The van der Waals surface area contributed by atoms with Crippen molar-refractivity contribution >= 4 is 17.6 Å². The number of rotatable bonds is 6. The topological polar surface area (TPSA) is 88.1 Å². The zero-order valence-electron chi connectivity index (χ0n) is 15.1. The minimum absolute atomic E-state index is 0.0147. The first-order chi connectivity index (χ1) is 13.0. The molecule has 0 unspecified atom stereocenters. The van der Waals surface area contributed by atoms with Gasteiger partial charge in [0.1, 0.15) is 5.82 Å². The van der Waals surface area contributed by atoms with Crippen molar-refractivity contribution in [1.82, 2.24) is 20.2 Å². The number of benzene rings is 1. The highest BCUT2D eigenvalue weighted by atomic mass is 19.1. The third-order valence-electron chi connectivity index (χ3n) is 5.17. The number of aromatic nitrogens is 2. The predicted molar refractivity (Wildman–Crippen MR) is 97.6 cm³/mol. The average molecular weight is 371 g/mol. The number of urea groups is 1. The van der Waals surface area contributed by atoms with Crippen molar-refractivity contribution in [3.05, 3.63) is 47.3 Å². The Morgan fingerprint density at radius 3 is 2.89 bits per heavy atom. The number of aryl methyl sites for hydroxylation is 1. The van der Waals surface area contributed by atoms with E-state index in [1.807, 2.05) is 0 Å². The summed E-state index contributed by atoms with van der Waals surface area (Å²) in [5, 5.41) is 8.29. The molecule has 1 fully saturated rings. The highest BCUT2D eigenvalue weighted by Gasteiger charge is 2.29. The SMILES string of the molecule is Cn1ccnc1C(=O)NCc1cc2c(cc1F)[C@H](CCC1CC1)NC(=O)N2. The molecule has 1 aliphatic carbocycles. The lowest BCUT2D eigenvalue weighted by Gasteiger charge is -2.28. The van der Waals surface area contributed by atoms with Crippen LogP contribution >= 0.6 is 0 Å². The zero-order chi connectivity index (χ0) is 19.0. The third kappa shape index (κ3) is 3.79. The standard InChI is InChI=1S/C19H22FN5O2/c1-25-7-6-21-17(25)18(26)22-10-12-8-16-13(9-14(12)20)15(23-19(27)24-16)5-4-11-2-3-11/h6-9,11,15H,2-5,10H2,1H3,(H,22,26)(H2,23,24,27)/t15-/m0/s1. The van der Waals surface area contributed by atoms with E-state index < -0.39 is 5.82 Å². The van der Waals surface area contributed by atoms with Gasteiger partial charge < -0.3 is 20.5 Å². The van der Waals surface area contributed by atoms with E-state index in [-0.39, 0.29) is 30.3 Å². The summed E-state index contributed by atoms with van der Waals surface area (Å²) in [6, 6.07) is 2.60. The van der Waals surface area contributed by atoms with Crippen molar-refractivity contribution < 1.29 is 14.0 Å². The number of halogens is 1. The van der Waals surface area contributed by atoms with Gasteiger partial charge in [-0.2, -0.15) is 0 Å². The molecule has 0 bridgehead atoms. The lowest BCUT2D eigenvalue weighted by molar-refractivity contribution is 0.0937. The van der Waals surface area contributed by atoms with Gasteiger partial charge in [0, 0.05) is 42.8 Å². The van der Waals surface area contributed by atoms with E-state index in [4.69, 9.17) is 0 Å². The molecule has 2 aromatic rings. The molecule has 0 saturated heterocycles. The van der Waals surface area contributed by atoms with Crippen molar-refractivity contribution in [2.24, 2.45) is 13.0 Å². The average Bonchev–Trinajstić information content (AvgIpc) is 3.37. The van der Waals surface area contributed by atoms with Gasteiger partial charge in [-0.3, -0.25) is 4.79 Å². The highest BCUT2D eigenvalue weighted by molar-refractivity contribution is 5.93. The van der Waals surface area contributed by atoms with E-state index in [2.05, 4.69) is 20.9 Å². The van der Waals surface area contributed by atoms with Crippen molar-refractivity contribution in [3.63, 3.8) is 0 Å². The largest absolute Gasteiger partial charge is 0.345 e. The summed E-state index contributed by atoms with van der Waals surface area (Å²) in [6.07, 6.45) is 7.52. The molecule has 0 spiro atoms. The van der Waals surface area contributed by atoms with Gasteiger partial charge in [0.25, 0.3) is 5.91 Å². The van der Waals surface area contributed by atoms with Crippen molar-refractivity contribution in [3.8, 4) is 0 Å². The number of carbonyl (C=O) groups excluding carboxylic acids is 2. The Bertz CT molecular complexity index is 890. The molecule has 1 aromatic heterocycles. The van der Waals surface area contributed by atoms with Gasteiger partial charge in [-0.15, -0.1) is 0 Å². The maximum atomic E-state index is 14.6. The lowest BCUT2D eigenvalue weighted by atomic mass is 9.95. The fourth-order valence-electron chi connectivity index (χ4n) is 3.44. The molecule has 7 nitrogen and oxygen atoms in total. The van der Waals surface area contributed by atoms with E-state index in [1.54, 1.807) is 23.9 Å². The van der Waals surface area contributed by atoms with Crippen molar-refractivity contribution in [2.75, 3.05) is 5.32 Å². The second-order valence-corrected chi connectivity index (χ2v) is 7.25. The van der Waals surface area contributed by atoms with Gasteiger partial charge in [-0.25, -0.2) is 14.2 Å². The van der Waals surface area contributed by atoms with Crippen LogP contribution in [0.2, 0.25) is 0 Å².